The Balaban J connectivity index is 1.27. The van der Waals surface area contributed by atoms with Crippen LogP contribution in [0.1, 0.15) is 5.56 Å². The number of nitrogens with one attached hydrogen (secondary N) is 1. The second-order valence-electron chi connectivity index (χ2n) is 8.36. The third-order valence-electron chi connectivity index (χ3n) is 6.14. The van der Waals surface area contributed by atoms with Crippen molar-refractivity contribution in [1.29, 1.82) is 0 Å². The van der Waals surface area contributed by atoms with Crippen LogP contribution in [-0.2, 0) is 11.0 Å². The molecule has 0 atom stereocenters. The van der Waals surface area contributed by atoms with Crippen LogP contribution >= 0.6 is 0 Å². The lowest BCUT2D eigenvalue weighted by atomic mass is 10.1. The highest BCUT2D eigenvalue weighted by molar-refractivity contribution is 5.84. The number of imidazole rings is 1. The molecule has 0 saturated carbocycles. The summed E-state index contributed by atoms with van der Waals surface area (Å²) in [6, 6.07) is 11.5. The summed E-state index contributed by atoms with van der Waals surface area (Å²) >= 11 is 0. The minimum absolute atomic E-state index is 0.0544. The lowest BCUT2D eigenvalue weighted by Gasteiger charge is -2.36. The van der Waals surface area contributed by atoms with E-state index in [9.17, 15) is 22.4 Å². The largest absolute Gasteiger partial charge is 0.416 e. The quantitative estimate of drug-likeness (QED) is 0.416. The Morgan fingerprint density at radius 3 is 2.56 bits per heavy atom. The van der Waals surface area contributed by atoms with Crippen LogP contribution in [-0.4, -0.2) is 57.9 Å². The number of nitrogens with zero attached hydrogens (tertiary/aromatic N) is 5. The first kappa shape index (κ1) is 23.6. The zero-order valence-electron chi connectivity index (χ0n) is 19.0. The van der Waals surface area contributed by atoms with E-state index in [1.807, 2.05) is 4.90 Å². The van der Waals surface area contributed by atoms with Gasteiger partial charge in [0.05, 0.1) is 18.3 Å². The van der Waals surface area contributed by atoms with Crippen molar-refractivity contribution in [3.63, 3.8) is 0 Å². The fraction of sp³-hybridized carbons (Fsp3) is 0.240. The maximum Gasteiger partial charge on any atom is 0.416 e. The molecule has 0 spiro atoms. The lowest BCUT2D eigenvalue weighted by Crippen LogP contribution is -2.50. The molecule has 1 fully saturated rings. The number of hydrogen-bond donors (Lipinski definition) is 1. The zero-order chi connectivity index (χ0) is 25.3. The van der Waals surface area contributed by atoms with Crippen LogP contribution in [0.15, 0.2) is 67.1 Å². The Labute approximate surface area is 204 Å². The van der Waals surface area contributed by atoms with E-state index < -0.39 is 17.6 Å². The van der Waals surface area contributed by atoms with Crippen LogP contribution in [0.5, 0.6) is 0 Å². The number of alkyl halides is 3. The Morgan fingerprint density at radius 2 is 1.81 bits per heavy atom. The van der Waals surface area contributed by atoms with Crippen molar-refractivity contribution in [3.8, 4) is 11.3 Å². The molecule has 2 aromatic carbocycles. The Hall–Kier alpha value is -4.15. The monoisotopic (exact) mass is 498 g/mol. The van der Waals surface area contributed by atoms with Crippen molar-refractivity contribution >= 4 is 23.1 Å². The minimum Gasteiger partial charge on any atom is -0.368 e. The van der Waals surface area contributed by atoms with Gasteiger partial charge in [0.1, 0.15) is 17.3 Å². The predicted octanol–water partition coefficient (Wildman–Crippen LogP) is 4.31. The third kappa shape index (κ3) is 4.68. The molecule has 4 aromatic rings. The molecule has 1 amide bonds. The summed E-state index contributed by atoms with van der Waals surface area (Å²) in [5.74, 6) is -0.149. The van der Waals surface area contributed by atoms with Crippen LogP contribution in [0.25, 0.3) is 16.9 Å². The van der Waals surface area contributed by atoms with Crippen LogP contribution in [0.4, 0.5) is 29.1 Å². The summed E-state index contributed by atoms with van der Waals surface area (Å²) < 4.78 is 55.4. The molecule has 1 N–H and O–H groups in total. The smallest absolute Gasteiger partial charge is 0.368 e. The maximum atomic E-state index is 14.5. The first-order valence-electron chi connectivity index (χ1n) is 11.3. The fourth-order valence-corrected chi connectivity index (χ4v) is 4.28. The van der Waals surface area contributed by atoms with Gasteiger partial charge in [-0.05, 0) is 30.3 Å². The highest BCUT2D eigenvalue weighted by Crippen LogP contribution is 2.32. The van der Waals surface area contributed by atoms with Gasteiger partial charge in [-0.1, -0.05) is 18.2 Å². The summed E-state index contributed by atoms with van der Waals surface area (Å²) in [4.78, 5) is 25.0. The molecule has 0 unspecified atom stereocenters. The van der Waals surface area contributed by atoms with E-state index >= 15 is 0 Å². The van der Waals surface area contributed by atoms with Crippen molar-refractivity contribution < 1.29 is 22.4 Å². The van der Waals surface area contributed by atoms with Gasteiger partial charge in [0, 0.05) is 49.8 Å². The van der Waals surface area contributed by atoms with Crippen molar-refractivity contribution in [1.82, 2.24) is 19.3 Å². The maximum absolute atomic E-state index is 14.5. The van der Waals surface area contributed by atoms with E-state index in [2.05, 4.69) is 15.3 Å². The van der Waals surface area contributed by atoms with Crippen LogP contribution in [0.3, 0.4) is 0 Å². The number of anilines is 2. The number of rotatable bonds is 5. The molecular formula is C25H22F4N6O. The number of piperazine rings is 1. The molecule has 1 aliphatic rings. The summed E-state index contributed by atoms with van der Waals surface area (Å²) in [5, 5.41) is 3.10. The molecule has 186 valence electrons. The summed E-state index contributed by atoms with van der Waals surface area (Å²) in [6.45, 7) is 1.51. The van der Waals surface area contributed by atoms with Gasteiger partial charge in [0.15, 0.2) is 5.65 Å². The normalized spacial score (nSPS) is 14.3. The topological polar surface area (TPSA) is 65.8 Å². The highest BCUT2D eigenvalue weighted by Gasteiger charge is 2.31. The van der Waals surface area contributed by atoms with Gasteiger partial charge in [-0.15, -0.1) is 0 Å². The molecule has 0 bridgehead atoms. The number of fused-ring (bicyclic) bond motifs is 1. The van der Waals surface area contributed by atoms with Gasteiger partial charge < -0.3 is 15.1 Å². The average Bonchev–Trinajstić information content (AvgIpc) is 3.25. The van der Waals surface area contributed by atoms with E-state index in [0.717, 1.165) is 12.1 Å². The van der Waals surface area contributed by atoms with Gasteiger partial charge in [0.25, 0.3) is 0 Å². The molecule has 2 aromatic heterocycles. The standard InChI is InChI=1S/C25H22F4N6O/c26-20-7-2-1-6-19(20)23-24(35-9-8-30-15-21(35)32-23)31-16-22(36)34-12-10-33(11-13-34)18-5-3-4-17(14-18)25(27,28)29/h1-9,14-15,31H,10-13,16H2. The van der Waals surface area contributed by atoms with Crippen LogP contribution < -0.4 is 10.2 Å². The number of aromatic nitrogens is 3. The van der Waals surface area contributed by atoms with E-state index in [-0.39, 0.29) is 12.5 Å². The molecule has 1 saturated heterocycles. The van der Waals surface area contributed by atoms with E-state index in [1.54, 1.807) is 52.2 Å². The second kappa shape index (κ2) is 9.48. The van der Waals surface area contributed by atoms with E-state index in [0.29, 0.717) is 54.6 Å². The number of amides is 1. The first-order valence-corrected chi connectivity index (χ1v) is 11.3. The number of carbonyl (C=O) groups excluding carboxylic acids is 1. The molecule has 5 rings (SSSR count). The molecule has 36 heavy (non-hydrogen) atoms. The Morgan fingerprint density at radius 1 is 1.03 bits per heavy atom. The Bertz CT molecular complexity index is 1390. The number of hydrogen-bond acceptors (Lipinski definition) is 5. The predicted molar refractivity (Wildman–Crippen MR) is 127 cm³/mol. The van der Waals surface area contributed by atoms with E-state index in [1.165, 1.54) is 12.1 Å². The van der Waals surface area contributed by atoms with Gasteiger partial charge in [-0.2, -0.15) is 13.2 Å². The SMILES string of the molecule is O=C(CNc1c(-c2ccccc2F)nc2cnccn12)N1CCN(c2cccc(C(F)(F)F)c2)CC1. The highest BCUT2D eigenvalue weighted by atomic mass is 19.4. The lowest BCUT2D eigenvalue weighted by molar-refractivity contribution is -0.137. The number of carbonyl (C=O) groups is 1. The second-order valence-corrected chi connectivity index (χ2v) is 8.36. The van der Waals surface area contributed by atoms with Gasteiger partial charge in [-0.25, -0.2) is 9.37 Å². The minimum atomic E-state index is -4.41. The number of halogens is 4. The molecule has 3 heterocycles. The van der Waals surface area contributed by atoms with Gasteiger partial charge in [-0.3, -0.25) is 14.2 Å². The first-order chi connectivity index (χ1) is 17.3. The molecular weight excluding hydrogens is 476 g/mol. The average molecular weight is 498 g/mol. The van der Waals surface area contributed by atoms with E-state index in [4.69, 9.17) is 0 Å². The van der Waals surface area contributed by atoms with Crippen molar-refractivity contribution in [2.75, 3.05) is 42.9 Å². The Kier molecular flexibility index (Phi) is 6.21. The summed E-state index contributed by atoms with van der Waals surface area (Å²) in [7, 11) is 0. The molecule has 0 radical (unpaired) electrons. The third-order valence-corrected chi connectivity index (χ3v) is 6.14. The van der Waals surface area contributed by atoms with Crippen LogP contribution in [0, 0.1) is 5.82 Å². The summed E-state index contributed by atoms with van der Waals surface area (Å²) in [5.41, 5.74) is 0.940. The molecule has 1 aliphatic heterocycles. The van der Waals surface area contributed by atoms with Crippen molar-refractivity contribution in [2.45, 2.75) is 6.18 Å². The van der Waals surface area contributed by atoms with Gasteiger partial charge >= 0.3 is 6.18 Å². The zero-order valence-corrected chi connectivity index (χ0v) is 19.0. The number of benzene rings is 2. The van der Waals surface area contributed by atoms with Crippen molar-refractivity contribution in [3.05, 3.63) is 78.5 Å². The summed E-state index contributed by atoms with van der Waals surface area (Å²) in [6.07, 6.45) is 0.381. The molecule has 7 nitrogen and oxygen atoms in total. The van der Waals surface area contributed by atoms with Gasteiger partial charge in [0.2, 0.25) is 5.91 Å². The molecule has 11 heteroatoms. The fourth-order valence-electron chi connectivity index (χ4n) is 4.28. The molecule has 0 aliphatic carbocycles. The van der Waals surface area contributed by atoms with Crippen LogP contribution in [0.2, 0.25) is 0 Å². The van der Waals surface area contributed by atoms with Crippen molar-refractivity contribution in [2.24, 2.45) is 0 Å².